The predicted octanol–water partition coefficient (Wildman–Crippen LogP) is 1.76. The summed E-state index contributed by atoms with van der Waals surface area (Å²) >= 11 is 0. The fraction of sp³-hybridized carbons (Fsp3) is 1.00. The van der Waals surface area contributed by atoms with E-state index in [1.165, 1.54) is 0 Å². The first-order valence-electron chi connectivity index (χ1n) is 7.07. The Morgan fingerprint density at radius 1 is 0.944 bits per heavy atom. The molecule has 18 heavy (non-hydrogen) atoms. The van der Waals surface area contributed by atoms with Gasteiger partial charge in [-0.2, -0.15) is 0 Å². The van der Waals surface area contributed by atoms with E-state index in [9.17, 15) is 0 Å². The molecular formula is C14H24O4. The minimum atomic E-state index is 0.308. The molecule has 2 saturated heterocycles. The van der Waals surface area contributed by atoms with Gasteiger partial charge in [0.2, 0.25) is 0 Å². The van der Waals surface area contributed by atoms with Crippen molar-refractivity contribution in [1.29, 1.82) is 0 Å². The van der Waals surface area contributed by atoms with Crippen LogP contribution in [0, 0.1) is 5.41 Å². The van der Waals surface area contributed by atoms with E-state index in [-0.39, 0.29) is 0 Å². The van der Waals surface area contributed by atoms with Crippen molar-refractivity contribution in [3.05, 3.63) is 0 Å². The van der Waals surface area contributed by atoms with E-state index in [2.05, 4.69) is 13.8 Å². The lowest BCUT2D eigenvalue weighted by Gasteiger charge is -2.39. The van der Waals surface area contributed by atoms with Gasteiger partial charge in [-0.05, 0) is 24.7 Å². The number of epoxide rings is 2. The van der Waals surface area contributed by atoms with Crippen LogP contribution in [0.25, 0.3) is 0 Å². The molecule has 0 N–H and O–H groups in total. The first-order chi connectivity index (χ1) is 8.61. The maximum absolute atomic E-state index is 5.96. The van der Waals surface area contributed by atoms with Gasteiger partial charge >= 0.3 is 0 Å². The summed E-state index contributed by atoms with van der Waals surface area (Å²) in [6, 6.07) is 0. The van der Waals surface area contributed by atoms with Crippen LogP contribution < -0.4 is 0 Å². The Hall–Kier alpha value is -0.160. The molecule has 1 saturated carbocycles. The predicted molar refractivity (Wildman–Crippen MR) is 66.6 cm³/mol. The van der Waals surface area contributed by atoms with Gasteiger partial charge < -0.3 is 18.9 Å². The van der Waals surface area contributed by atoms with Crippen LogP contribution in [-0.2, 0) is 18.9 Å². The highest BCUT2D eigenvalue weighted by molar-refractivity contribution is 4.87. The van der Waals surface area contributed by atoms with Crippen LogP contribution in [0.4, 0.5) is 0 Å². The van der Waals surface area contributed by atoms with Crippen LogP contribution in [0.5, 0.6) is 0 Å². The Kier molecular flexibility index (Phi) is 3.63. The lowest BCUT2D eigenvalue weighted by molar-refractivity contribution is -0.0840. The van der Waals surface area contributed by atoms with Crippen LogP contribution in [0.3, 0.4) is 0 Å². The monoisotopic (exact) mass is 256 g/mol. The minimum absolute atomic E-state index is 0.308. The molecule has 2 aliphatic heterocycles. The van der Waals surface area contributed by atoms with Gasteiger partial charge in [0.05, 0.1) is 38.6 Å². The molecule has 104 valence electrons. The molecule has 4 heteroatoms. The molecule has 3 aliphatic rings. The van der Waals surface area contributed by atoms with Crippen molar-refractivity contribution >= 4 is 0 Å². The zero-order valence-electron chi connectivity index (χ0n) is 11.4. The highest BCUT2D eigenvalue weighted by Gasteiger charge is 2.37. The van der Waals surface area contributed by atoms with Crippen LogP contribution in [0.2, 0.25) is 0 Å². The molecule has 4 atom stereocenters. The molecule has 0 amide bonds. The summed E-state index contributed by atoms with van der Waals surface area (Å²) in [5, 5.41) is 0. The summed E-state index contributed by atoms with van der Waals surface area (Å²) in [6.07, 6.45) is 4.62. The lowest BCUT2D eigenvalue weighted by atomic mass is 9.74. The maximum Gasteiger partial charge on any atom is 0.104 e. The molecule has 0 bridgehead atoms. The van der Waals surface area contributed by atoms with Crippen LogP contribution in [0.1, 0.15) is 33.1 Å². The molecule has 0 aromatic rings. The molecule has 4 nitrogen and oxygen atoms in total. The molecule has 4 unspecified atom stereocenters. The molecule has 3 rings (SSSR count). The Morgan fingerprint density at radius 2 is 1.39 bits per heavy atom. The van der Waals surface area contributed by atoms with E-state index >= 15 is 0 Å². The topological polar surface area (TPSA) is 43.5 Å². The molecule has 2 heterocycles. The van der Waals surface area contributed by atoms with Gasteiger partial charge in [-0.25, -0.2) is 0 Å². The van der Waals surface area contributed by atoms with Crippen molar-refractivity contribution in [3.63, 3.8) is 0 Å². The van der Waals surface area contributed by atoms with Gasteiger partial charge in [0.25, 0.3) is 0 Å². The van der Waals surface area contributed by atoms with Gasteiger partial charge in [0.15, 0.2) is 0 Å². The number of rotatable bonds is 6. The third-order valence-electron chi connectivity index (χ3n) is 3.93. The Bertz CT molecular complexity index is 258. The van der Waals surface area contributed by atoms with Gasteiger partial charge in [0, 0.05) is 0 Å². The van der Waals surface area contributed by atoms with Crippen LogP contribution in [0.15, 0.2) is 0 Å². The van der Waals surface area contributed by atoms with Gasteiger partial charge in [0.1, 0.15) is 12.2 Å². The average molecular weight is 256 g/mol. The summed E-state index contributed by atoms with van der Waals surface area (Å²) in [6.45, 7) is 7.85. The first kappa shape index (κ1) is 12.9. The molecule has 1 aliphatic carbocycles. The SMILES string of the molecule is CC1(C)CC(OCC2CO2)CC(OCC2CO2)C1. The smallest absolute Gasteiger partial charge is 0.104 e. The zero-order valence-corrected chi connectivity index (χ0v) is 11.4. The van der Waals surface area contributed by atoms with Crippen molar-refractivity contribution in [2.75, 3.05) is 26.4 Å². The maximum atomic E-state index is 5.96. The quantitative estimate of drug-likeness (QED) is 0.679. The van der Waals surface area contributed by atoms with E-state index < -0.39 is 0 Å². The lowest BCUT2D eigenvalue weighted by Crippen LogP contribution is -2.38. The standard InChI is InChI=1S/C14H24O4/c1-14(2)4-10(15-6-12-8-17-12)3-11(5-14)16-7-13-9-18-13/h10-13H,3-9H2,1-2H3. The van der Waals surface area contributed by atoms with E-state index in [4.69, 9.17) is 18.9 Å². The minimum Gasteiger partial charge on any atom is -0.375 e. The molecule has 0 radical (unpaired) electrons. The van der Waals surface area contributed by atoms with Gasteiger partial charge in [-0.3, -0.25) is 0 Å². The zero-order chi connectivity index (χ0) is 12.6. The second-order valence-electron chi connectivity index (χ2n) is 6.63. The van der Waals surface area contributed by atoms with E-state index in [0.717, 1.165) is 45.7 Å². The van der Waals surface area contributed by atoms with Crippen molar-refractivity contribution < 1.29 is 18.9 Å². The Balaban J connectivity index is 1.46. The summed E-state index contributed by atoms with van der Waals surface area (Å²) in [7, 11) is 0. The second kappa shape index (κ2) is 5.08. The summed E-state index contributed by atoms with van der Waals surface area (Å²) in [5.74, 6) is 0. The Morgan fingerprint density at radius 3 is 1.78 bits per heavy atom. The average Bonchev–Trinajstić information content (AvgIpc) is 3.14. The van der Waals surface area contributed by atoms with Gasteiger partial charge in [-0.1, -0.05) is 13.8 Å². The fourth-order valence-corrected chi connectivity index (χ4v) is 2.85. The molecular weight excluding hydrogens is 232 g/mol. The molecule has 3 fully saturated rings. The number of hydrogen-bond donors (Lipinski definition) is 0. The highest BCUT2D eigenvalue weighted by atomic mass is 16.6. The third-order valence-corrected chi connectivity index (χ3v) is 3.93. The van der Waals surface area contributed by atoms with Crippen molar-refractivity contribution in [3.8, 4) is 0 Å². The largest absolute Gasteiger partial charge is 0.375 e. The fourth-order valence-electron chi connectivity index (χ4n) is 2.85. The first-order valence-corrected chi connectivity index (χ1v) is 7.07. The van der Waals surface area contributed by atoms with Crippen molar-refractivity contribution in [2.24, 2.45) is 5.41 Å². The van der Waals surface area contributed by atoms with Crippen LogP contribution in [-0.4, -0.2) is 50.8 Å². The molecule has 0 spiro atoms. The van der Waals surface area contributed by atoms with Crippen molar-refractivity contribution in [1.82, 2.24) is 0 Å². The summed E-state index contributed by atoms with van der Waals surface area (Å²) in [4.78, 5) is 0. The van der Waals surface area contributed by atoms with Gasteiger partial charge in [-0.15, -0.1) is 0 Å². The van der Waals surface area contributed by atoms with Crippen LogP contribution >= 0.6 is 0 Å². The number of ether oxygens (including phenoxy) is 4. The van der Waals surface area contributed by atoms with Crippen molar-refractivity contribution in [2.45, 2.75) is 57.5 Å². The normalized spacial score (nSPS) is 41.7. The molecule has 0 aromatic heterocycles. The van der Waals surface area contributed by atoms with E-state index in [1.54, 1.807) is 0 Å². The van der Waals surface area contributed by atoms with E-state index in [1.807, 2.05) is 0 Å². The second-order valence-corrected chi connectivity index (χ2v) is 6.63. The summed E-state index contributed by atoms with van der Waals surface area (Å²) in [5.41, 5.74) is 0.308. The molecule has 0 aromatic carbocycles. The third kappa shape index (κ3) is 3.92. The van der Waals surface area contributed by atoms with E-state index in [0.29, 0.717) is 29.8 Å². The Labute approximate surface area is 109 Å². The highest BCUT2D eigenvalue weighted by Crippen LogP contribution is 2.38. The number of hydrogen-bond acceptors (Lipinski definition) is 4. The summed E-state index contributed by atoms with van der Waals surface area (Å²) < 4.78 is 22.3.